The van der Waals surface area contributed by atoms with Gasteiger partial charge in [0, 0.05) is 11.5 Å². The van der Waals surface area contributed by atoms with E-state index in [9.17, 15) is 0 Å². The van der Waals surface area contributed by atoms with Gasteiger partial charge in [-0.2, -0.15) is 0 Å². The van der Waals surface area contributed by atoms with Crippen molar-refractivity contribution in [1.29, 1.82) is 0 Å². The molecule has 0 saturated carbocycles. The smallest absolute Gasteiger partial charge is 0.196 e. The molecule has 0 unspecified atom stereocenters. The topological polar surface area (TPSA) is 69.4 Å². The Morgan fingerprint density at radius 3 is 2.64 bits per heavy atom. The van der Waals surface area contributed by atoms with Crippen molar-refractivity contribution in [2.24, 2.45) is 0 Å². The van der Waals surface area contributed by atoms with Crippen LogP contribution in [0.15, 0.2) is 53.2 Å². The molecular weight excluding hydrogens is 342 g/mol. The average molecular weight is 358 g/mol. The van der Waals surface area contributed by atoms with Gasteiger partial charge in [-0.05, 0) is 24.3 Å². The lowest BCUT2D eigenvalue weighted by Crippen LogP contribution is -1.98. The zero-order chi connectivity index (χ0) is 16.5. The first-order valence-corrected chi connectivity index (χ1v) is 7.41. The third-order valence-corrected chi connectivity index (χ3v) is 3.82. The Kier molecular flexibility index (Phi) is 4.63. The maximum Gasteiger partial charge on any atom is 0.196 e. The van der Waals surface area contributed by atoms with Gasteiger partial charge in [0.1, 0.15) is 28.9 Å². The Morgan fingerprint density at radius 1 is 1.00 bits per heavy atom. The van der Waals surface area contributed by atoms with Gasteiger partial charge >= 0.3 is 0 Å². The summed E-state index contributed by atoms with van der Waals surface area (Å²) in [5.41, 5.74) is 2.87. The van der Waals surface area contributed by atoms with Gasteiger partial charge in [0.2, 0.25) is 0 Å². The summed E-state index contributed by atoms with van der Waals surface area (Å²) in [5.74, 6) is 1.97. The second-order valence-electron chi connectivity index (χ2n) is 5.19. The highest BCUT2D eigenvalue weighted by molar-refractivity contribution is 6.05. The largest absolute Gasteiger partial charge is 0.497 e. The fourth-order valence-electron chi connectivity index (χ4n) is 2.65. The Bertz CT molecular complexity index is 1030. The molecule has 0 spiro atoms. The number of methoxy groups -OCH3 is 2. The number of furan rings is 1. The molecule has 0 aliphatic rings. The maximum absolute atomic E-state index is 5.93. The van der Waals surface area contributed by atoms with Crippen LogP contribution in [0.25, 0.3) is 22.1 Å². The third kappa shape index (κ3) is 2.92. The quantitative estimate of drug-likeness (QED) is 0.577. The Labute approximate surface area is 150 Å². The highest BCUT2D eigenvalue weighted by atomic mass is 35.5. The summed E-state index contributed by atoms with van der Waals surface area (Å²) >= 11 is 0. The molecule has 2 heterocycles. The van der Waals surface area contributed by atoms with Crippen LogP contribution < -0.4 is 14.8 Å². The third-order valence-electron chi connectivity index (χ3n) is 3.82. The van der Waals surface area contributed by atoms with E-state index in [0.717, 1.165) is 22.2 Å². The molecule has 0 fully saturated rings. The summed E-state index contributed by atoms with van der Waals surface area (Å²) in [6.45, 7) is 0. The molecule has 4 rings (SSSR count). The van der Waals surface area contributed by atoms with E-state index in [1.807, 2.05) is 42.5 Å². The van der Waals surface area contributed by atoms with Crippen LogP contribution in [0, 0.1) is 0 Å². The van der Waals surface area contributed by atoms with Crippen LogP contribution >= 0.6 is 12.4 Å². The van der Waals surface area contributed by atoms with Crippen LogP contribution in [0.5, 0.6) is 11.5 Å². The highest BCUT2D eigenvalue weighted by Gasteiger charge is 2.14. The maximum atomic E-state index is 5.93. The summed E-state index contributed by atoms with van der Waals surface area (Å²) in [6, 6.07) is 13.3. The molecule has 2 aromatic heterocycles. The Balaban J connectivity index is 0.00000182. The van der Waals surface area contributed by atoms with E-state index >= 15 is 0 Å². The standard InChI is InChI=1S/C18H15N3O3.ClH/c1-22-11-7-8-15(23-2)13(9-11)21-18-17-16(19-10-20-18)12-5-3-4-6-14(12)24-17;/h3-10H,1-2H3,(H,19,20,21);1H. The van der Waals surface area contributed by atoms with Gasteiger partial charge in [-0.1, -0.05) is 12.1 Å². The van der Waals surface area contributed by atoms with E-state index < -0.39 is 0 Å². The molecule has 4 aromatic rings. The monoisotopic (exact) mass is 357 g/mol. The Hall–Kier alpha value is -2.99. The minimum atomic E-state index is 0. The van der Waals surface area contributed by atoms with Gasteiger partial charge in [-0.3, -0.25) is 0 Å². The number of benzene rings is 2. The molecule has 0 aliphatic carbocycles. The van der Waals surface area contributed by atoms with Crippen LogP contribution in [-0.4, -0.2) is 24.2 Å². The number of nitrogens with one attached hydrogen (secondary N) is 1. The van der Waals surface area contributed by atoms with E-state index in [4.69, 9.17) is 13.9 Å². The molecule has 0 atom stereocenters. The Morgan fingerprint density at radius 2 is 1.84 bits per heavy atom. The second-order valence-corrected chi connectivity index (χ2v) is 5.19. The van der Waals surface area contributed by atoms with E-state index in [0.29, 0.717) is 22.9 Å². The summed E-state index contributed by atoms with van der Waals surface area (Å²) in [7, 11) is 3.23. The minimum Gasteiger partial charge on any atom is -0.497 e. The fourth-order valence-corrected chi connectivity index (χ4v) is 2.65. The lowest BCUT2D eigenvalue weighted by molar-refractivity contribution is 0.405. The molecule has 0 bridgehead atoms. The summed E-state index contributed by atoms with van der Waals surface area (Å²) in [4.78, 5) is 8.66. The summed E-state index contributed by atoms with van der Waals surface area (Å²) in [6.07, 6.45) is 1.51. The first-order valence-electron chi connectivity index (χ1n) is 7.41. The summed E-state index contributed by atoms with van der Waals surface area (Å²) in [5, 5.41) is 4.21. The van der Waals surface area contributed by atoms with Crippen LogP contribution in [0.2, 0.25) is 0 Å². The molecule has 128 valence electrons. The highest BCUT2D eigenvalue weighted by Crippen LogP contribution is 2.35. The summed E-state index contributed by atoms with van der Waals surface area (Å²) < 4.78 is 16.6. The normalized spacial score (nSPS) is 10.5. The van der Waals surface area contributed by atoms with Crippen LogP contribution in [-0.2, 0) is 0 Å². The number of ether oxygens (including phenoxy) is 2. The van der Waals surface area contributed by atoms with Gasteiger partial charge in [0.15, 0.2) is 11.4 Å². The van der Waals surface area contributed by atoms with Crippen molar-refractivity contribution in [3.05, 3.63) is 48.8 Å². The zero-order valence-electron chi connectivity index (χ0n) is 13.6. The number of rotatable bonds is 4. The second kappa shape index (κ2) is 6.86. The van der Waals surface area contributed by atoms with Gasteiger partial charge in [0.25, 0.3) is 0 Å². The van der Waals surface area contributed by atoms with E-state index in [-0.39, 0.29) is 12.4 Å². The molecule has 0 amide bonds. The van der Waals surface area contributed by atoms with Gasteiger partial charge < -0.3 is 19.2 Å². The molecule has 0 aliphatic heterocycles. The van der Waals surface area contributed by atoms with Gasteiger partial charge in [0.05, 0.1) is 19.9 Å². The van der Waals surface area contributed by atoms with Crippen molar-refractivity contribution in [1.82, 2.24) is 9.97 Å². The number of hydrogen-bond acceptors (Lipinski definition) is 6. The van der Waals surface area contributed by atoms with Crippen LogP contribution in [0.3, 0.4) is 0 Å². The van der Waals surface area contributed by atoms with E-state index in [1.165, 1.54) is 6.33 Å². The van der Waals surface area contributed by atoms with Crippen molar-refractivity contribution in [2.45, 2.75) is 0 Å². The molecule has 0 saturated heterocycles. The SMILES string of the molecule is COc1ccc(OC)c(Nc2ncnc3c2oc2ccccc23)c1.Cl. The van der Waals surface area contributed by atoms with Crippen LogP contribution in [0.4, 0.5) is 11.5 Å². The van der Waals surface area contributed by atoms with Crippen molar-refractivity contribution >= 4 is 46.0 Å². The van der Waals surface area contributed by atoms with Crippen molar-refractivity contribution < 1.29 is 13.9 Å². The zero-order valence-corrected chi connectivity index (χ0v) is 14.5. The molecule has 0 radical (unpaired) electrons. The van der Waals surface area contributed by atoms with Crippen molar-refractivity contribution in [3.8, 4) is 11.5 Å². The fraction of sp³-hybridized carbons (Fsp3) is 0.111. The lowest BCUT2D eigenvalue weighted by atomic mass is 10.2. The number of anilines is 2. The molecule has 2 aromatic carbocycles. The molecule has 6 nitrogen and oxygen atoms in total. The minimum absolute atomic E-state index is 0. The number of aromatic nitrogens is 2. The number of fused-ring (bicyclic) bond motifs is 3. The molecular formula is C18H16ClN3O3. The van der Waals surface area contributed by atoms with E-state index in [2.05, 4.69) is 15.3 Å². The predicted molar refractivity (Wildman–Crippen MR) is 99.4 cm³/mol. The number of nitrogens with zero attached hydrogens (tertiary/aromatic N) is 2. The van der Waals surface area contributed by atoms with E-state index in [1.54, 1.807) is 14.2 Å². The molecule has 7 heteroatoms. The average Bonchev–Trinajstić information content (AvgIpc) is 3.01. The first kappa shape index (κ1) is 16.9. The predicted octanol–water partition coefficient (Wildman–Crippen LogP) is 4.56. The number of para-hydroxylation sites is 1. The first-order chi connectivity index (χ1) is 11.8. The van der Waals surface area contributed by atoms with Crippen molar-refractivity contribution in [2.75, 3.05) is 19.5 Å². The van der Waals surface area contributed by atoms with Crippen LogP contribution in [0.1, 0.15) is 0 Å². The number of halogens is 1. The lowest BCUT2D eigenvalue weighted by Gasteiger charge is -2.12. The molecule has 25 heavy (non-hydrogen) atoms. The van der Waals surface area contributed by atoms with Crippen molar-refractivity contribution in [3.63, 3.8) is 0 Å². The number of hydrogen-bond donors (Lipinski definition) is 1. The van der Waals surface area contributed by atoms with Gasteiger partial charge in [-0.25, -0.2) is 9.97 Å². The van der Waals surface area contributed by atoms with Gasteiger partial charge in [-0.15, -0.1) is 12.4 Å². The molecule has 1 N–H and O–H groups in total.